The van der Waals surface area contributed by atoms with Crippen LogP contribution in [0.25, 0.3) is 0 Å². The summed E-state index contributed by atoms with van der Waals surface area (Å²) in [7, 11) is 0. The van der Waals surface area contributed by atoms with Gasteiger partial charge in [-0.15, -0.1) is 0 Å². The lowest BCUT2D eigenvalue weighted by Crippen LogP contribution is -2.28. The Morgan fingerprint density at radius 1 is 1.15 bits per heavy atom. The smallest absolute Gasteiger partial charge is 0.00434 e. The molecule has 0 aliphatic carbocycles. The summed E-state index contributed by atoms with van der Waals surface area (Å²) in [5.41, 5.74) is 0.474. The second-order valence-corrected chi connectivity index (χ2v) is 5.58. The maximum absolute atomic E-state index is 3.47. The van der Waals surface area contributed by atoms with Crippen LogP contribution in [-0.2, 0) is 0 Å². The molecule has 0 aromatic heterocycles. The average Bonchev–Trinajstić information content (AvgIpc) is 2.03. The molecule has 80 valence electrons. The van der Waals surface area contributed by atoms with Gasteiger partial charge in [0.1, 0.15) is 0 Å². The molecule has 0 aromatic carbocycles. The van der Waals surface area contributed by atoms with Crippen LogP contribution in [0.3, 0.4) is 0 Å². The topological polar surface area (TPSA) is 3.24 Å². The van der Waals surface area contributed by atoms with Gasteiger partial charge in [-0.1, -0.05) is 43.6 Å². The van der Waals surface area contributed by atoms with Gasteiger partial charge in [0.2, 0.25) is 0 Å². The van der Waals surface area contributed by atoms with Crippen molar-refractivity contribution >= 4 is 15.9 Å². The van der Waals surface area contributed by atoms with E-state index in [1.165, 1.54) is 32.5 Å². The monoisotopic (exact) mass is 249 g/mol. The molecule has 0 bridgehead atoms. The minimum atomic E-state index is 0.474. The molecule has 0 aliphatic rings. The summed E-state index contributed by atoms with van der Waals surface area (Å²) in [6, 6.07) is 0. The van der Waals surface area contributed by atoms with Gasteiger partial charge in [0, 0.05) is 5.33 Å². The van der Waals surface area contributed by atoms with E-state index in [1.807, 2.05) is 0 Å². The molecule has 0 spiro atoms. The van der Waals surface area contributed by atoms with E-state index in [0.717, 1.165) is 5.33 Å². The van der Waals surface area contributed by atoms with E-state index in [4.69, 9.17) is 0 Å². The Kier molecular flexibility index (Phi) is 7.06. The highest BCUT2D eigenvalue weighted by Gasteiger charge is 2.11. The molecule has 0 aromatic rings. The number of hydrogen-bond acceptors (Lipinski definition) is 1. The van der Waals surface area contributed by atoms with Gasteiger partial charge < -0.3 is 4.90 Å². The van der Waals surface area contributed by atoms with Gasteiger partial charge in [-0.2, -0.15) is 0 Å². The maximum atomic E-state index is 3.47. The number of nitrogens with zero attached hydrogens (tertiary/aromatic N) is 1. The first-order valence-corrected chi connectivity index (χ1v) is 6.40. The molecular weight excluding hydrogens is 226 g/mol. The molecule has 0 fully saturated rings. The van der Waals surface area contributed by atoms with Crippen LogP contribution in [0.1, 0.15) is 40.5 Å². The summed E-state index contributed by atoms with van der Waals surface area (Å²) < 4.78 is 0. The van der Waals surface area contributed by atoms with Gasteiger partial charge >= 0.3 is 0 Å². The predicted octanol–water partition coefficient (Wildman–Crippen LogP) is 3.53. The van der Waals surface area contributed by atoms with Crippen molar-refractivity contribution in [3.8, 4) is 0 Å². The van der Waals surface area contributed by atoms with Gasteiger partial charge in [0.05, 0.1) is 0 Å². The lowest BCUT2D eigenvalue weighted by Gasteiger charge is -2.25. The third kappa shape index (κ3) is 8.76. The summed E-state index contributed by atoms with van der Waals surface area (Å²) in [6.07, 6.45) is 2.56. The van der Waals surface area contributed by atoms with Crippen molar-refractivity contribution in [1.29, 1.82) is 0 Å². The Balaban J connectivity index is 3.59. The summed E-state index contributed by atoms with van der Waals surface area (Å²) >= 11 is 3.47. The third-order valence-electron chi connectivity index (χ3n) is 2.23. The normalized spacial score (nSPS) is 12.5. The molecule has 0 saturated carbocycles. The fraction of sp³-hybridized carbons (Fsp3) is 1.00. The van der Waals surface area contributed by atoms with Crippen LogP contribution < -0.4 is 0 Å². The highest BCUT2D eigenvalue weighted by Crippen LogP contribution is 2.18. The summed E-state index contributed by atoms with van der Waals surface area (Å²) in [6.45, 7) is 12.8. The second kappa shape index (κ2) is 6.83. The quantitative estimate of drug-likeness (QED) is 0.652. The molecule has 0 saturated heterocycles. The number of halogens is 1. The summed E-state index contributed by atoms with van der Waals surface area (Å²) in [5, 5.41) is 1.12. The summed E-state index contributed by atoms with van der Waals surface area (Å²) in [4.78, 5) is 2.53. The Morgan fingerprint density at radius 2 is 1.77 bits per heavy atom. The minimum Gasteiger partial charge on any atom is -0.304 e. The van der Waals surface area contributed by atoms with E-state index in [1.54, 1.807) is 0 Å². The molecule has 0 N–H and O–H groups in total. The van der Waals surface area contributed by atoms with E-state index >= 15 is 0 Å². The van der Waals surface area contributed by atoms with Crippen LogP contribution in [0.2, 0.25) is 0 Å². The van der Waals surface area contributed by atoms with Crippen LogP contribution in [0.5, 0.6) is 0 Å². The van der Waals surface area contributed by atoms with Crippen molar-refractivity contribution in [3.63, 3.8) is 0 Å². The van der Waals surface area contributed by atoms with E-state index in [-0.39, 0.29) is 0 Å². The number of hydrogen-bond donors (Lipinski definition) is 0. The lowest BCUT2D eigenvalue weighted by molar-refractivity contribution is 0.237. The van der Waals surface area contributed by atoms with Gasteiger partial charge in [0.25, 0.3) is 0 Å². The molecular formula is C11H24BrN. The highest BCUT2D eigenvalue weighted by molar-refractivity contribution is 9.09. The fourth-order valence-electron chi connectivity index (χ4n) is 1.20. The second-order valence-electron chi connectivity index (χ2n) is 4.79. The highest BCUT2D eigenvalue weighted by atomic mass is 79.9. The van der Waals surface area contributed by atoms with Crippen molar-refractivity contribution in [1.82, 2.24) is 4.90 Å². The van der Waals surface area contributed by atoms with Crippen LogP contribution in [0, 0.1) is 5.41 Å². The van der Waals surface area contributed by atoms with E-state index in [0.29, 0.717) is 5.41 Å². The van der Waals surface area contributed by atoms with Gasteiger partial charge in [-0.05, 0) is 37.9 Å². The molecule has 0 atom stereocenters. The largest absolute Gasteiger partial charge is 0.304 e. The zero-order valence-electron chi connectivity index (χ0n) is 9.57. The van der Waals surface area contributed by atoms with Gasteiger partial charge in [-0.3, -0.25) is 0 Å². The van der Waals surface area contributed by atoms with Crippen molar-refractivity contribution in [2.75, 3.05) is 25.0 Å². The Bertz CT molecular complexity index is 118. The molecule has 0 radical (unpaired) electrons. The number of rotatable bonds is 6. The minimum absolute atomic E-state index is 0.474. The maximum Gasteiger partial charge on any atom is 0.00434 e. The Morgan fingerprint density at radius 3 is 2.15 bits per heavy atom. The van der Waals surface area contributed by atoms with Crippen molar-refractivity contribution in [2.45, 2.75) is 40.5 Å². The first-order chi connectivity index (χ1) is 5.99. The standard InChI is InChI=1S/C11H24BrN/c1-5-13(9-6-8-12)10-7-11(2,3)4/h5-10H2,1-4H3. The molecule has 2 heteroatoms. The molecule has 0 rings (SSSR count). The third-order valence-corrected chi connectivity index (χ3v) is 2.79. The van der Waals surface area contributed by atoms with Crippen molar-refractivity contribution in [3.05, 3.63) is 0 Å². The Hall–Kier alpha value is 0.440. The molecule has 0 aliphatic heterocycles. The predicted molar refractivity (Wildman–Crippen MR) is 64.6 cm³/mol. The molecule has 0 heterocycles. The molecule has 1 nitrogen and oxygen atoms in total. The average molecular weight is 250 g/mol. The van der Waals surface area contributed by atoms with Gasteiger partial charge in [-0.25, -0.2) is 0 Å². The fourth-order valence-corrected chi connectivity index (χ4v) is 1.46. The first kappa shape index (κ1) is 13.4. The van der Waals surface area contributed by atoms with Crippen LogP contribution in [-0.4, -0.2) is 29.9 Å². The lowest BCUT2D eigenvalue weighted by atomic mass is 9.92. The SMILES string of the molecule is CCN(CCCBr)CCC(C)(C)C. The van der Waals surface area contributed by atoms with E-state index in [9.17, 15) is 0 Å². The number of alkyl halides is 1. The van der Waals surface area contributed by atoms with Crippen molar-refractivity contribution in [2.24, 2.45) is 5.41 Å². The zero-order chi connectivity index (χ0) is 10.3. The molecule has 0 amide bonds. The zero-order valence-corrected chi connectivity index (χ0v) is 11.2. The first-order valence-electron chi connectivity index (χ1n) is 5.28. The van der Waals surface area contributed by atoms with E-state index in [2.05, 4.69) is 48.5 Å². The van der Waals surface area contributed by atoms with E-state index < -0.39 is 0 Å². The molecule has 13 heavy (non-hydrogen) atoms. The Labute approximate surface area is 92.0 Å². The summed E-state index contributed by atoms with van der Waals surface area (Å²) in [5.74, 6) is 0. The van der Waals surface area contributed by atoms with Crippen molar-refractivity contribution < 1.29 is 0 Å². The van der Waals surface area contributed by atoms with Crippen LogP contribution >= 0.6 is 15.9 Å². The van der Waals surface area contributed by atoms with Crippen LogP contribution in [0.4, 0.5) is 0 Å². The van der Waals surface area contributed by atoms with Crippen LogP contribution in [0.15, 0.2) is 0 Å². The van der Waals surface area contributed by atoms with Gasteiger partial charge in [0.15, 0.2) is 0 Å². The molecule has 0 unspecified atom stereocenters.